The second-order valence-electron chi connectivity index (χ2n) is 6.19. The van der Waals surface area contributed by atoms with Crippen LogP contribution in [0.15, 0.2) is 12.1 Å². The van der Waals surface area contributed by atoms with Gasteiger partial charge in [0.25, 0.3) is 5.69 Å². The number of nitrogens with one attached hydrogen (secondary N) is 2. The molecule has 0 spiro atoms. The van der Waals surface area contributed by atoms with E-state index in [4.69, 9.17) is 14.2 Å². The molecule has 1 aliphatic heterocycles. The Morgan fingerprint density at radius 1 is 1.29 bits per heavy atom. The molecule has 0 atom stereocenters. The number of benzene rings is 1. The lowest BCUT2D eigenvalue weighted by Gasteiger charge is -2.19. The lowest BCUT2D eigenvalue weighted by atomic mass is 10.2. The number of rotatable bonds is 6. The number of hydrogen-bond donors (Lipinski definition) is 2. The molecule has 9 nitrogen and oxygen atoms in total. The van der Waals surface area contributed by atoms with Crippen molar-refractivity contribution in [3.8, 4) is 11.5 Å². The Bertz CT molecular complexity index is 626. The van der Waals surface area contributed by atoms with E-state index in [0.29, 0.717) is 36.7 Å². The maximum absolute atomic E-state index is 11.5. The highest BCUT2D eigenvalue weighted by Crippen LogP contribution is 2.40. The zero-order valence-electron chi connectivity index (χ0n) is 13.9. The van der Waals surface area contributed by atoms with Crippen LogP contribution in [0.2, 0.25) is 0 Å². The number of fused-ring (bicyclic) bond motifs is 1. The van der Waals surface area contributed by atoms with Crippen LogP contribution in [-0.2, 0) is 4.74 Å². The van der Waals surface area contributed by atoms with Crippen LogP contribution in [0, 0.1) is 10.1 Å². The van der Waals surface area contributed by atoms with Crippen molar-refractivity contribution in [2.24, 2.45) is 0 Å². The second-order valence-corrected chi connectivity index (χ2v) is 6.19. The Morgan fingerprint density at radius 2 is 1.96 bits per heavy atom. The molecule has 0 aliphatic carbocycles. The van der Waals surface area contributed by atoms with E-state index in [0.717, 1.165) is 0 Å². The Morgan fingerprint density at radius 3 is 2.58 bits per heavy atom. The molecule has 0 aromatic heterocycles. The van der Waals surface area contributed by atoms with Gasteiger partial charge >= 0.3 is 6.09 Å². The number of ether oxygens (including phenoxy) is 3. The van der Waals surface area contributed by atoms with Crippen LogP contribution in [0.1, 0.15) is 27.2 Å². The van der Waals surface area contributed by atoms with Gasteiger partial charge in [-0.3, -0.25) is 10.1 Å². The number of anilines is 1. The summed E-state index contributed by atoms with van der Waals surface area (Å²) in [6.45, 7) is 6.24. The molecule has 132 valence electrons. The van der Waals surface area contributed by atoms with Gasteiger partial charge < -0.3 is 24.8 Å². The number of alkyl carbamates (subject to hydrolysis) is 1. The highest BCUT2D eigenvalue weighted by Gasteiger charge is 2.23. The van der Waals surface area contributed by atoms with Gasteiger partial charge in [0, 0.05) is 19.2 Å². The van der Waals surface area contributed by atoms with Crippen molar-refractivity contribution in [1.29, 1.82) is 0 Å². The summed E-state index contributed by atoms with van der Waals surface area (Å²) in [4.78, 5) is 22.1. The number of carbonyl (C=O) groups is 1. The Hall–Kier alpha value is -2.71. The number of nitro groups is 1. The maximum Gasteiger partial charge on any atom is 0.407 e. The SMILES string of the molecule is CC(C)(C)OC(=O)NCCCNc1cc2c(cc1[N+](=O)[O-])OCO2. The summed E-state index contributed by atoms with van der Waals surface area (Å²) in [5.41, 5.74) is -0.282. The number of hydrogen-bond acceptors (Lipinski definition) is 7. The quantitative estimate of drug-likeness (QED) is 0.465. The molecule has 0 saturated carbocycles. The first kappa shape index (κ1) is 17.6. The molecule has 0 fully saturated rings. The minimum Gasteiger partial charge on any atom is -0.454 e. The predicted octanol–water partition coefficient (Wildman–Crippen LogP) is 2.65. The Kier molecular flexibility index (Phi) is 5.32. The van der Waals surface area contributed by atoms with E-state index in [1.807, 2.05) is 0 Å². The third-order valence-electron chi connectivity index (χ3n) is 3.02. The largest absolute Gasteiger partial charge is 0.454 e. The Labute approximate surface area is 139 Å². The summed E-state index contributed by atoms with van der Waals surface area (Å²) < 4.78 is 15.5. The third-order valence-corrected chi connectivity index (χ3v) is 3.02. The minimum absolute atomic E-state index is 0.0513. The average Bonchev–Trinajstić information content (AvgIpc) is 2.91. The van der Waals surface area contributed by atoms with Crippen molar-refractivity contribution < 1.29 is 23.9 Å². The van der Waals surface area contributed by atoms with E-state index in [-0.39, 0.29) is 12.5 Å². The minimum atomic E-state index is -0.546. The summed E-state index contributed by atoms with van der Waals surface area (Å²) in [6, 6.07) is 2.88. The van der Waals surface area contributed by atoms with Gasteiger partial charge in [0.1, 0.15) is 11.3 Å². The van der Waals surface area contributed by atoms with Gasteiger partial charge in [0.05, 0.1) is 11.0 Å². The number of nitrogens with zero attached hydrogens (tertiary/aromatic N) is 1. The van der Waals surface area contributed by atoms with Crippen LogP contribution in [0.3, 0.4) is 0 Å². The van der Waals surface area contributed by atoms with Gasteiger partial charge in [0.2, 0.25) is 6.79 Å². The summed E-state index contributed by atoms with van der Waals surface area (Å²) in [5.74, 6) is 0.828. The van der Waals surface area contributed by atoms with Crippen molar-refractivity contribution in [3.63, 3.8) is 0 Å². The zero-order valence-corrected chi connectivity index (χ0v) is 13.9. The van der Waals surface area contributed by atoms with Gasteiger partial charge in [-0.05, 0) is 27.2 Å². The van der Waals surface area contributed by atoms with E-state index in [2.05, 4.69) is 10.6 Å². The monoisotopic (exact) mass is 339 g/mol. The third kappa shape index (κ3) is 4.90. The fourth-order valence-electron chi connectivity index (χ4n) is 2.04. The van der Waals surface area contributed by atoms with Crippen molar-refractivity contribution in [1.82, 2.24) is 5.32 Å². The highest BCUT2D eigenvalue weighted by atomic mass is 16.7. The molecule has 1 aliphatic rings. The molecule has 2 N–H and O–H groups in total. The normalized spacial score (nSPS) is 12.6. The van der Waals surface area contributed by atoms with Gasteiger partial charge in [-0.25, -0.2) is 4.79 Å². The topological polar surface area (TPSA) is 112 Å². The molecule has 1 heterocycles. The first-order valence-corrected chi connectivity index (χ1v) is 7.55. The molecular formula is C15H21N3O6. The molecule has 0 unspecified atom stereocenters. The van der Waals surface area contributed by atoms with Crippen LogP contribution in [-0.4, -0.2) is 36.5 Å². The molecule has 9 heteroatoms. The highest BCUT2D eigenvalue weighted by molar-refractivity contribution is 5.69. The van der Waals surface area contributed by atoms with Gasteiger partial charge in [-0.2, -0.15) is 0 Å². The van der Waals surface area contributed by atoms with Gasteiger partial charge in [-0.1, -0.05) is 0 Å². The van der Waals surface area contributed by atoms with Gasteiger partial charge in [0.15, 0.2) is 11.5 Å². The molecule has 2 rings (SSSR count). The summed E-state index contributed by atoms with van der Waals surface area (Å²) >= 11 is 0. The predicted molar refractivity (Wildman–Crippen MR) is 86.6 cm³/mol. The second kappa shape index (κ2) is 7.24. The molecule has 1 aromatic carbocycles. The maximum atomic E-state index is 11.5. The molecule has 0 radical (unpaired) electrons. The van der Waals surface area contributed by atoms with E-state index >= 15 is 0 Å². The zero-order chi connectivity index (χ0) is 17.7. The van der Waals surface area contributed by atoms with Crippen molar-refractivity contribution in [2.45, 2.75) is 32.8 Å². The molecule has 0 bridgehead atoms. The summed E-state index contributed by atoms with van der Waals surface area (Å²) in [6.07, 6.45) is 0.0849. The lowest BCUT2D eigenvalue weighted by molar-refractivity contribution is -0.384. The van der Waals surface area contributed by atoms with Gasteiger partial charge in [-0.15, -0.1) is 0 Å². The molecule has 0 saturated heterocycles. The number of nitro benzene ring substituents is 1. The smallest absolute Gasteiger partial charge is 0.407 e. The average molecular weight is 339 g/mol. The van der Waals surface area contributed by atoms with E-state index in [1.165, 1.54) is 6.07 Å². The van der Waals surface area contributed by atoms with Crippen LogP contribution in [0.4, 0.5) is 16.2 Å². The Balaban J connectivity index is 1.82. The first-order chi connectivity index (χ1) is 11.3. The molecule has 1 amide bonds. The van der Waals surface area contributed by atoms with E-state index < -0.39 is 16.6 Å². The lowest BCUT2D eigenvalue weighted by Crippen LogP contribution is -2.33. The van der Waals surface area contributed by atoms with Crippen LogP contribution < -0.4 is 20.1 Å². The van der Waals surface area contributed by atoms with Crippen molar-refractivity contribution in [2.75, 3.05) is 25.2 Å². The molecule has 1 aromatic rings. The van der Waals surface area contributed by atoms with Crippen LogP contribution in [0.5, 0.6) is 11.5 Å². The van der Waals surface area contributed by atoms with Crippen LogP contribution in [0.25, 0.3) is 0 Å². The first-order valence-electron chi connectivity index (χ1n) is 7.55. The number of carbonyl (C=O) groups excluding carboxylic acids is 1. The fourth-order valence-corrected chi connectivity index (χ4v) is 2.04. The molecular weight excluding hydrogens is 318 g/mol. The van der Waals surface area contributed by atoms with Crippen LogP contribution >= 0.6 is 0 Å². The van der Waals surface area contributed by atoms with Crippen molar-refractivity contribution in [3.05, 3.63) is 22.2 Å². The fraction of sp³-hybridized carbons (Fsp3) is 0.533. The summed E-state index contributed by atoms with van der Waals surface area (Å²) in [5, 5.41) is 16.7. The van der Waals surface area contributed by atoms with Crippen molar-refractivity contribution >= 4 is 17.5 Å². The van der Waals surface area contributed by atoms with E-state index in [1.54, 1.807) is 26.8 Å². The molecule has 24 heavy (non-hydrogen) atoms. The number of amides is 1. The summed E-state index contributed by atoms with van der Waals surface area (Å²) in [7, 11) is 0. The standard InChI is InChI=1S/C15H21N3O6/c1-15(2,3)24-14(19)17-6-4-5-16-10-7-12-13(23-9-22-12)8-11(10)18(20)21/h7-8,16H,4-6,9H2,1-3H3,(H,17,19). The van der Waals surface area contributed by atoms with E-state index in [9.17, 15) is 14.9 Å².